The number of nitriles is 1. The summed E-state index contributed by atoms with van der Waals surface area (Å²) in [4.78, 5) is 15.1. The highest BCUT2D eigenvalue weighted by molar-refractivity contribution is 7.16. The van der Waals surface area contributed by atoms with Crippen LogP contribution in [0.25, 0.3) is 0 Å². The van der Waals surface area contributed by atoms with Gasteiger partial charge in [-0.2, -0.15) is 5.26 Å². The maximum atomic E-state index is 10.7. The molecular formula is C12H9ClN4O2S. The van der Waals surface area contributed by atoms with E-state index in [2.05, 4.69) is 10.3 Å². The molecule has 0 aromatic carbocycles. The second kappa shape index (κ2) is 6.32. The maximum Gasteiger partial charge on any atom is 0.305 e. The van der Waals surface area contributed by atoms with E-state index in [0.717, 1.165) is 15.6 Å². The molecule has 6 nitrogen and oxygen atoms in total. The average molecular weight is 309 g/mol. The lowest BCUT2D eigenvalue weighted by atomic mass is 10.3. The molecule has 0 aliphatic rings. The summed E-state index contributed by atoms with van der Waals surface area (Å²) in [6.45, 7) is 0.604. The van der Waals surface area contributed by atoms with Crippen molar-refractivity contribution in [3.63, 3.8) is 0 Å². The quantitative estimate of drug-likeness (QED) is 0.676. The first-order chi connectivity index (χ1) is 9.60. The first-order valence-electron chi connectivity index (χ1n) is 5.64. The van der Waals surface area contributed by atoms with Crippen LogP contribution in [0.5, 0.6) is 0 Å². The molecule has 0 unspecified atom stereocenters. The Labute approximate surface area is 123 Å². The zero-order chi connectivity index (χ0) is 14.5. The molecule has 0 atom stereocenters. The lowest BCUT2D eigenvalue weighted by Crippen LogP contribution is -2.07. The Morgan fingerprint density at radius 1 is 1.45 bits per heavy atom. The van der Waals surface area contributed by atoms with Gasteiger partial charge in [-0.1, -0.05) is 11.6 Å². The molecule has 1 N–H and O–H groups in total. The number of aromatic nitrogens is 1. The number of pyridine rings is 1. The first kappa shape index (κ1) is 14.2. The lowest BCUT2D eigenvalue weighted by molar-refractivity contribution is -0.385. The van der Waals surface area contributed by atoms with E-state index in [-0.39, 0.29) is 11.4 Å². The third-order valence-corrected chi connectivity index (χ3v) is 3.77. The smallest absolute Gasteiger partial charge is 0.305 e. The van der Waals surface area contributed by atoms with Crippen LogP contribution < -0.4 is 5.32 Å². The van der Waals surface area contributed by atoms with Crippen molar-refractivity contribution in [1.29, 1.82) is 5.26 Å². The summed E-state index contributed by atoms with van der Waals surface area (Å²) >= 11 is 7.33. The van der Waals surface area contributed by atoms with Crippen LogP contribution in [0.3, 0.4) is 0 Å². The maximum absolute atomic E-state index is 10.7. The van der Waals surface area contributed by atoms with Crippen molar-refractivity contribution in [2.45, 2.75) is 6.42 Å². The zero-order valence-corrected chi connectivity index (χ0v) is 11.7. The van der Waals surface area contributed by atoms with Crippen LogP contribution in [0.2, 0.25) is 4.34 Å². The van der Waals surface area contributed by atoms with E-state index < -0.39 is 4.92 Å². The molecule has 0 saturated heterocycles. The standard InChI is InChI=1S/C12H9ClN4O2S/c13-11-3-1-8(20-11)5-6-15-12-4-2-10(17(18)19)9(7-14)16-12/h1-4H,5-6H2,(H,15,16). The van der Waals surface area contributed by atoms with Gasteiger partial charge in [0.25, 0.3) is 0 Å². The van der Waals surface area contributed by atoms with E-state index in [1.165, 1.54) is 23.5 Å². The molecule has 2 heterocycles. The average Bonchev–Trinajstić information content (AvgIpc) is 2.84. The Kier molecular flexibility index (Phi) is 4.50. The molecule has 2 aromatic heterocycles. The van der Waals surface area contributed by atoms with Crippen molar-refractivity contribution in [2.24, 2.45) is 0 Å². The molecule has 0 aliphatic carbocycles. The zero-order valence-electron chi connectivity index (χ0n) is 10.2. The lowest BCUT2D eigenvalue weighted by Gasteiger charge is -2.04. The van der Waals surface area contributed by atoms with Crippen molar-refractivity contribution >= 4 is 34.4 Å². The Morgan fingerprint density at radius 2 is 2.25 bits per heavy atom. The van der Waals surface area contributed by atoms with Gasteiger partial charge in [0.1, 0.15) is 11.9 Å². The van der Waals surface area contributed by atoms with Crippen LogP contribution in [0.1, 0.15) is 10.6 Å². The third kappa shape index (κ3) is 3.44. The molecule has 102 valence electrons. The molecule has 0 fully saturated rings. The molecule has 0 amide bonds. The van der Waals surface area contributed by atoms with E-state index in [9.17, 15) is 10.1 Å². The predicted octanol–water partition coefficient (Wildman–Crippen LogP) is 3.23. The van der Waals surface area contributed by atoms with E-state index in [1.807, 2.05) is 12.1 Å². The summed E-state index contributed by atoms with van der Waals surface area (Å²) in [6.07, 6.45) is 0.762. The third-order valence-electron chi connectivity index (χ3n) is 2.48. The van der Waals surface area contributed by atoms with Gasteiger partial charge >= 0.3 is 5.69 Å². The number of thiophene rings is 1. The second-order valence-electron chi connectivity index (χ2n) is 3.82. The van der Waals surface area contributed by atoms with Crippen molar-refractivity contribution in [3.8, 4) is 6.07 Å². The molecule has 20 heavy (non-hydrogen) atoms. The number of hydrogen-bond donors (Lipinski definition) is 1. The van der Waals surface area contributed by atoms with Crippen LogP contribution >= 0.6 is 22.9 Å². The number of nitro groups is 1. The van der Waals surface area contributed by atoms with Gasteiger partial charge in [0, 0.05) is 17.5 Å². The van der Waals surface area contributed by atoms with E-state index >= 15 is 0 Å². The Balaban J connectivity index is 2.00. The van der Waals surface area contributed by atoms with Crippen molar-refractivity contribution < 1.29 is 4.92 Å². The summed E-state index contributed by atoms with van der Waals surface area (Å²) in [5, 5.41) is 22.5. The van der Waals surface area contributed by atoms with Crippen LogP contribution in [0.15, 0.2) is 24.3 Å². The van der Waals surface area contributed by atoms with E-state index in [4.69, 9.17) is 16.9 Å². The minimum Gasteiger partial charge on any atom is -0.370 e. The topological polar surface area (TPSA) is 91.8 Å². The van der Waals surface area contributed by atoms with Gasteiger partial charge in [0.2, 0.25) is 5.69 Å². The summed E-state index contributed by atoms with van der Waals surface area (Å²) in [7, 11) is 0. The molecule has 0 aliphatic heterocycles. The van der Waals surface area contributed by atoms with Gasteiger partial charge in [0.15, 0.2) is 0 Å². The fraction of sp³-hybridized carbons (Fsp3) is 0.167. The first-order valence-corrected chi connectivity index (χ1v) is 6.83. The number of halogens is 1. The van der Waals surface area contributed by atoms with Gasteiger partial charge in [-0.3, -0.25) is 10.1 Å². The molecular weight excluding hydrogens is 300 g/mol. The van der Waals surface area contributed by atoms with Crippen molar-refractivity contribution in [2.75, 3.05) is 11.9 Å². The summed E-state index contributed by atoms with van der Waals surface area (Å²) < 4.78 is 0.736. The SMILES string of the molecule is N#Cc1nc(NCCc2ccc(Cl)s2)ccc1[N+](=O)[O-]. The van der Waals surface area contributed by atoms with E-state index in [0.29, 0.717) is 12.4 Å². The van der Waals surface area contributed by atoms with Gasteiger partial charge in [-0.05, 0) is 24.6 Å². The van der Waals surface area contributed by atoms with Gasteiger partial charge in [0.05, 0.1) is 9.26 Å². The highest BCUT2D eigenvalue weighted by Crippen LogP contribution is 2.22. The summed E-state index contributed by atoms with van der Waals surface area (Å²) in [5.74, 6) is 0.440. The van der Waals surface area contributed by atoms with Crippen LogP contribution in [-0.2, 0) is 6.42 Å². The number of hydrogen-bond acceptors (Lipinski definition) is 6. The Morgan fingerprint density at radius 3 is 2.85 bits per heavy atom. The van der Waals surface area contributed by atoms with Gasteiger partial charge in [-0.15, -0.1) is 11.3 Å². The number of anilines is 1. The van der Waals surface area contributed by atoms with E-state index in [1.54, 1.807) is 6.07 Å². The van der Waals surface area contributed by atoms with Gasteiger partial charge in [-0.25, -0.2) is 4.98 Å². The highest BCUT2D eigenvalue weighted by atomic mass is 35.5. The number of nitrogens with one attached hydrogen (secondary N) is 1. The fourth-order valence-corrected chi connectivity index (χ4v) is 2.67. The van der Waals surface area contributed by atoms with Crippen LogP contribution in [0.4, 0.5) is 11.5 Å². The van der Waals surface area contributed by atoms with Gasteiger partial charge < -0.3 is 5.32 Å². The molecule has 0 spiro atoms. The second-order valence-corrected chi connectivity index (χ2v) is 5.62. The highest BCUT2D eigenvalue weighted by Gasteiger charge is 2.15. The Hall–Kier alpha value is -2.17. The predicted molar refractivity (Wildman–Crippen MR) is 77.1 cm³/mol. The number of rotatable bonds is 5. The van der Waals surface area contributed by atoms with Crippen LogP contribution in [-0.4, -0.2) is 16.5 Å². The number of nitrogens with zero attached hydrogens (tertiary/aromatic N) is 3. The molecule has 2 rings (SSSR count). The molecule has 2 aromatic rings. The monoisotopic (exact) mass is 308 g/mol. The van der Waals surface area contributed by atoms with Crippen molar-refractivity contribution in [1.82, 2.24) is 4.98 Å². The molecule has 8 heteroatoms. The van der Waals surface area contributed by atoms with Crippen molar-refractivity contribution in [3.05, 3.63) is 49.3 Å². The molecule has 0 bridgehead atoms. The summed E-state index contributed by atoms with van der Waals surface area (Å²) in [5.41, 5.74) is -0.484. The normalized spacial score (nSPS) is 10.0. The summed E-state index contributed by atoms with van der Waals surface area (Å²) in [6, 6.07) is 8.26. The molecule has 0 saturated carbocycles. The minimum absolute atomic E-state index is 0.195. The Bertz CT molecular complexity index is 680. The molecule has 0 radical (unpaired) electrons. The largest absolute Gasteiger partial charge is 0.370 e. The van der Waals surface area contributed by atoms with Crippen LogP contribution in [0, 0.1) is 21.4 Å². The minimum atomic E-state index is -0.622. The fourth-order valence-electron chi connectivity index (χ4n) is 1.58.